The van der Waals surface area contributed by atoms with Crippen LogP contribution < -0.4 is 26.2 Å². The van der Waals surface area contributed by atoms with Crippen LogP contribution in [0, 0.1) is 6.92 Å². The summed E-state index contributed by atoms with van der Waals surface area (Å²) < 4.78 is 0. The van der Waals surface area contributed by atoms with Crippen molar-refractivity contribution < 1.29 is 0 Å². The lowest BCUT2D eigenvalue weighted by atomic mass is 9.33. The number of hydrogen-bond donors (Lipinski definition) is 0. The molecule has 52 heavy (non-hydrogen) atoms. The van der Waals surface area contributed by atoms with Gasteiger partial charge in [0.05, 0.1) is 5.69 Å². The fraction of sp³-hybridized carbons (Fsp3) is 0.265. The predicted molar refractivity (Wildman–Crippen MR) is 227 cm³/mol. The highest BCUT2D eigenvalue weighted by Crippen LogP contribution is 2.47. The van der Waals surface area contributed by atoms with Crippen LogP contribution in [0.3, 0.4) is 0 Å². The number of rotatable bonds is 3. The number of anilines is 6. The Hall–Kier alpha value is -5.02. The van der Waals surface area contributed by atoms with Gasteiger partial charge in [0.2, 0.25) is 0 Å². The zero-order valence-electron chi connectivity index (χ0n) is 32.6. The third kappa shape index (κ3) is 5.66. The summed E-state index contributed by atoms with van der Waals surface area (Å²) in [5, 5.41) is 0. The average molecular weight is 679 g/mol. The highest BCUT2D eigenvalue weighted by atomic mass is 15.2. The number of nitrogens with zero attached hydrogens (tertiary/aromatic N) is 2. The summed E-state index contributed by atoms with van der Waals surface area (Å²) in [5.74, 6) is 0. The lowest BCUT2D eigenvalue weighted by Gasteiger charge is -2.45. The van der Waals surface area contributed by atoms with Gasteiger partial charge in [-0.15, -0.1) is 0 Å². The molecule has 0 N–H and O–H groups in total. The van der Waals surface area contributed by atoms with Crippen LogP contribution in [-0.4, -0.2) is 6.71 Å². The third-order valence-electron chi connectivity index (χ3n) is 11.2. The van der Waals surface area contributed by atoms with Gasteiger partial charge >= 0.3 is 0 Å². The van der Waals surface area contributed by atoms with Crippen molar-refractivity contribution in [3.63, 3.8) is 0 Å². The van der Waals surface area contributed by atoms with E-state index in [9.17, 15) is 0 Å². The molecule has 0 spiro atoms. The van der Waals surface area contributed by atoms with Crippen molar-refractivity contribution in [1.82, 2.24) is 0 Å². The summed E-state index contributed by atoms with van der Waals surface area (Å²) in [5.41, 5.74) is 19.3. The molecule has 260 valence electrons. The Morgan fingerprint density at radius 3 is 1.46 bits per heavy atom. The van der Waals surface area contributed by atoms with Gasteiger partial charge < -0.3 is 9.80 Å². The second-order valence-corrected chi connectivity index (χ2v) is 18.0. The van der Waals surface area contributed by atoms with E-state index in [4.69, 9.17) is 0 Å². The second-order valence-electron chi connectivity index (χ2n) is 18.0. The quantitative estimate of drug-likeness (QED) is 0.172. The van der Waals surface area contributed by atoms with Crippen LogP contribution in [0.5, 0.6) is 0 Å². The van der Waals surface area contributed by atoms with Gasteiger partial charge in [-0.05, 0) is 110 Å². The summed E-state index contributed by atoms with van der Waals surface area (Å²) in [7, 11) is 0. The summed E-state index contributed by atoms with van der Waals surface area (Å²) >= 11 is 0. The first kappa shape index (κ1) is 34.1. The number of para-hydroxylation sites is 1. The van der Waals surface area contributed by atoms with Gasteiger partial charge in [0.25, 0.3) is 6.71 Å². The Morgan fingerprint density at radius 2 is 0.904 bits per heavy atom. The van der Waals surface area contributed by atoms with Crippen molar-refractivity contribution in [2.75, 3.05) is 9.80 Å². The molecule has 8 rings (SSSR count). The topological polar surface area (TPSA) is 6.48 Å². The van der Waals surface area contributed by atoms with Crippen LogP contribution in [0.1, 0.15) is 84.6 Å². The summed E-state index contributed by atoms with van der Waals surface area (Å²) in [4.78, 5) is 5.10. The van der Waals surface area contributed by atoms with Gasteiger partial charge in [0, 0.05) is 34.0 Å². The van der Waals surface area contributed by atoms with Gasteiger partial charge in [-0.1, -0.05) is 147 Å². The number of fused-ring (bicyclic) bond motifs is 4. The van der Waals surface area contributed by atoms with Crippen molar-refractivity contribution in [3.8, 4) is 11.1 Å². The minimum atomic E-state index is 0.00375. The third-order valence-corrected chi connectivity index (χ3v) is 11.2. The van der Waals surface area contributed by atoms with E-state index in [1.807, 2.05) is 0 Å². The molecular weight excluding hydrogens is 627 g/mol. The molecule has 0 aromatic heterocycles. The van der Waals surface area contributed by atoms with E-state index >= 15 is 0 Å². The smallest absolute Gasteiger partial charge is 0.252 e. The molecule has 0 saturated heterocycles. The zero-order chi connectivity index (χ0) is 36.7. The SMILES string of the molecule is Cc1cc2c3c(c1)N(c1ccccc1-c1ccccc1)c1ccc(C(C)(C)C)cc1B3c1cc(C(C)(C)C)ccc1N2c1ccc(C(C)(C)C)cc1. The van der Waals surface area contributed by atoms with E-state index in [0.717, 1.165) is 0 Å². The van der Waals surface area contributed by atoms with Crippen molar-refractivity contribution >= 4 is 57.2 Å². The number of benzene rings is 6. The Labute approximate surface area is 312 Å². The minimum Gasteiger partial charge on any atom is -0.311 e. The molecule has 2 heterocycles. The van der Waals surface area contributed by atoms with E-state index < -0.39 is 0 Å². The van der Waals surface area contributed by atoms with Gasteiger partial charge in [-0.2, -0.15) is 0 Å². The molecule has 0 saturated carbocycles. The zero-order valence-corrected chi connectivity index (χ0v) is 32.6. The van der Waals surface area contributed by atoms with Crippen molar-refractivity contribution in [2.45, 2.75) is 85.5 Å². The highest BCUT2D eigenvalue weighted by Gasteiger charge is 2.44. The molecule has 2 nitrogen and oxygen atoms in total. The molecule has 0 atom stereocenters. The van der Waals surface area contributed by atoms with Gasteiger partial charge in [-0.25, -0.2) is 0 Å². The molecule has 0 amide bonds. The van der Waals surface area contributed by atoms with Crippen molar-refractivity contribution in [3.05, 3.63) is 150 Å². The van der Waals surface area contributed by atoms with E-state index in [1.165, 1.54) is 83.9 Å². The molecule has 0 aliphatic carbocycles. The lowest BCUT2D eigenvalue weighted by molar-refractivity contribution is 0.590. The molecule has 0 radical (unpaired) electrons. The Kier molecular flexibility index (Phi) is 7.88. The average Bonchev–Trinajstić information content (AvgIpc) is 3.10. The Morgan fingerprint density at radius 1 is 0.423 bits per heavy atom. The molecule has 2 aliphatic heterocycles. The monoisotopic (exact) mass is 678 g/mol. The van der Waals surface area contributed by atoms with E-state index in [0.29, 0.717) is 0 Å². The van der Waals surface area contributed by atoms with Gasteiger partial charge in [0.1, 0.15) is 0 Å². The molecule has 2 aliphatic rings. The van der Waals surface area contributed by atoms with Crippen LogP contribution in [-0.2, 0) is 16.2 Å². The van der Waals surface area contributed by atoms with Crippen molar-refractivity contribution in [1.29, 1.82) is 0 Å². The molecule has 3 heteroatoms. The second kappa shape index (κ2) is 12.0. The van der Waals surface area contributed by atoms with E-state index in [1.54, 1.807) is 0 Å². The fourth-order valence-corrected chi connectivity index (χ4v) is 8.25. The van der Waals surface area contributed by atoms with Crippen LogP contribution in [0.4, 0.5) is 34.1 Å². The van der Waals surface area contributed by atoms with E-state index in [2.05, 4.69) is 206 Å². The minimum absolute atomic E-state index is 0.00375. The summed E-state index contributed by atoms with van der Waals surface area (Å²) in [6, 6.07) is 48.5. The first-order chi connectivity index (χ1) is 24.6. The maximum Gasteiger partial charge on any atom is 0.252 e. The van der Waals surface area contributed by atoms with E-state index in [-0.39, 0.29) is 23.0 Å². The summed E-state index contributed by atoms with van der Waals surface area (Å²) in [6.45, 7) is 23.2. The van der Waals surface area contributed by atoms with Crippen molar-refractivity contribution in [2.24, 2.45) is 0 Å². The van der Waals surface area contributed by atoms with Crippen LogP contribution in [0.15, 0.2) is 127 Å². The fourth-order valence-electron chi connectivity index (χ4n) is 8.25. The van der Waals surface area contributed by atoms with Crippen LogP contribution in [0.2, 0.25) is 0 Å². The predicted octanol–water partition coefficient (Wildman–Crippen LogP) is 11.6. The molecular formula is C49H51BN2. The molecule has 6 aromatic rings. The number of aryl methyl sites for hydroxylation is 1. The standard InChI is InChI=1S/C49H51BN2/c1-32-28-44-46-45(29-32)52(41-19-15-14-18-38(41)33-16-12-11-13-17-33)43-27-23-36(49(8,9)10)31-40(43)50(46)39-30-35(48(5,6)7)22-26-42(39)51(44)37-24-20-34(21-25-37)47(2,3)4/h11-31H,1-10H3. The molecule has 6 aromatic carbocycles. The first-order valence-corrected chi connectivity index (χ1v) is 18.9. The molecule has 0 unspecified atom stereocenters. The molecule has 0 fully saturated rings. The Balaban J connectivity index is 1.48. The van der Waals surface area contributed by atoms with Gasteiger partial charge in [0.15, 0.2) is 0 Å². The largest absolute Gasteiger partial charge is 0.311 e. The van der Waals surface area contributed by atoms with Gasteiger partial charge in [-0.3, -0.25) is 0 Å². The first-order valence-electron chi connectivity index (χ1n) is 18.9. The van der Waals surface area contributed by atoms with Crippen LogP contribution >= 0.6 is 0 Å². The van der Waals surface area contributed by atoms with Crippen LogP contribution in [0.25, 0.3) is 11.1 Å². The highest BCUT2D eigenvalue weighted by molar-refractivity contribution is 7.00. The Bertz CT molecular complexity index is 2310. The summed E-state index contributed by atoms with van der Waals surface area (Å²) in [6.07, 6.45) is 0. The maximum absolute atomic E-state index is 2.56. The maximum atomic E-state index is 2.56. The number of hydrogen-bond acceptors (Lipinski definition) is 2. The lowest BCUT2D eigenvalue weighted by Crippen LogP contribution is -2.61. The normalized spacial score (nSPS) is 13.8. The molecule has 0 bridgehead atoms.